The molecule has 0 spiro atoms. The van der Waals surface area contributed by atoms with E-state index in [2.05, 4.69) is 5.32 Å². The number of carbonyl (C=O) groups is 1. The molecule has 0 bridgehead atoms. The molecule has 17 heavy (non-hydrogen) atoms. The molecule has 1 radical (unpaired) electrons. The van der Waals surface area contributed by atoms with Crippen LogP contribution in [0.15, 0.2) is 35.2 Å². The molecule has 5 heteroatoms. The molecule has 0 aliphatic carbocycles. The second-order valence-electron chi connectivity index (χ2n) is 3.83. The molecule has 1 aromatic carbocycles. The average Bonchev–Trinajstić information content (AvgIpc) is 2.83. The quantitative estimate of drug-likeness (QED) is 0.736. The van der Waals surface area contributed by atoms with E-state index in [1.165, 1.54) is 0 Å². The predicted molar refractivity (Wildman–Crippen MR) is 64.0 cm³/mol. The van der Waals surface area contributed by atoms with Gasteiger partial charge >= 0.3 is 0 Å². The smallest absolute Gasteiger partial charge is 0.128 e. The Morgan fingerprint density at radius 2 is 2.06 bits per heavy atom. The monoisotopic (exact) mass is 429 g/mol. The van der Waals surface area contributed by atoms with Gasteiger partial charge < -0.3 is 10.1 Å². The number of hydrogen-bond acceptors (Lipinski definition) is 2. The minimum Gasteiger partial charge on any atom is -0.653 e. The van der Waals surface area contributed by atoms with Gasteiger partial charge in [0, 0.05) is 25.0 Å². The molecule has 2 atom stereocenters. The van der Waals surface area contributed by atoms with Gasteiger partial charge in [-0.3, -0.25) is 4.21 Å². The van der Waals surface area contributed by atoms with Crippen LogP contribution in [-0.2, 0) is 35.7 Å². The Hall–Kier alpha value is -0.351. The van der Waals surface area contributed by atoms with Gasteiger partial charge in [0.1, 0.15) is 5.78 Å². The van der Waals surface area contributed by atoms with Crippen molar-refractivity contribution in [3.63, 3.8) is 0 Å². The van der Waals surface area contributed by atoms with Crippen LogP contribution in [0.25, 0.3) is 5.32 Å². The van der Waals surface area contributed by atoms with Crippen LogP contribution in [0.4, 0.5) is 0 Å². The minimum absolute atomic E-state index is 0. The minimum atomic E-state index is -1.22. The Morgan fingerprint density at radius 1 is 1.35 bits per heavy atom. The van der Waals surface area contributed by atoms with Crippen molar-refractivity contribution in [2.24, 2.45) is 0 Å². The van der Waals surface area contributed by atoms with Gasteiger partial charge in [-0.05, 0) is 12.1 Å². The fraction of sp³-hybridized carbons (Fsp3) is 0.417. The van der Waals surface area contributed by atoms with E-state index in [1.807, 2.05) is 18.2 Å². The fourth-order valence-electron chi connectivity index (χ4n) is 1.77. The number of Topliss-reactive ketones (excluding diaryl/α,β-unsaturated/α-hetero) is 1. The molecule has 1 aromatic rings. The van der Waals surface area contributed by atoms with Crippen LogP contribution in [0, 0.1) is 0 Å². The first-order valence-corrected chi connectivity index (χ1v) is 6.72. The Morgan fingerprint density at radius 3 is 2.65 bits per heavy atom. The standard InChI is InChI=1S/C12H14NO2S.Ir/c14-12(11-7-4-8-13-11)9-16(15)10-5-2-1-3-6-10;/h1-3,5-6,11H,4,7-9H2;/q-1;. The van der Waals surface area contributed by atoms with Crippen molar-refractivity contribution in [2.45, 2.75) is 23.8 Å². The topological polar surface area (TPSA) is 48.2 Å². The molecule has 0 saturated carbocycles. The van der Waals surface area contributed by atoms with E-state index in [1.54, 1.807) is 12.1 Å². The van der Waals surface area contributed by atoms with E-state index in [0.717, 1.165) is 19.4 Å². The number of rotatable bonds is 4. The van der Waals surface area contributed by atoms with Crippen molar-refractivity contribution in [1.82, 2.24) is 0 Å². The summed E-state index contributed by atoms with van der Waals surface area (Å²) in [4.78, 5) is 12.5. The van der Waals surface area contributed by atoms with Crippen LogP contribution in [0.3, 0.4) is 0 Å². The molecule has 0 aromatic heterocycles. The van der Waals surface area contributed by atoms with E-state index in [-0.39, 0.29) is 37.7 Å². The molecule has 1 saturated heterocycles. The van der Waals surface area contributed by atoms with Gasteiger partial charge in [0.05, 0.1) is 16.6 Å². The zero-order chi connectivity index (χ0) is 11.4. The molecule has 1 aliphatic rings. The summed E-state index contributed by atoms with van der Waals surface area (Å²) in [5.74, 6) is 0.109. The SMILES string of the molecule is O=C(CS(=O)c1ccccc1)C1CCC[N-]1.[Ir]. The number of benzene rings is 1. The van der Waals surface area contributed by atoms with Crippen molar-refractivity contribution in [3.05, 3.63) is 35.6 Å². The summed E-state index contributed by atoms with van der Waals surface area (Å²) in [6.07, 6.45) is 1.80. The maximum atomic E-state index is 11.9. The molecule has 0 amide bonds. The second kappa shape index (κ2) is 7.17. The molecule has 1 heterocycles. The van der Waals surface area contributed by atoms with E-state index < -0.39 is 10.8 Å². The Bertz CT molecular complexity index is 391. The third-order valence-corrected chi connectivity index (χ3v) is 3.98. The van der Waals surface area contributed by atoms with Crippen LogP contribution in [0.5, 0.6) is 0 Å². The summed E-state index contributed by atoms with van der Waals surface area (Å²) >= 11 is 0. The van der Waals surface area contributed by atoms with Crippen molar-refractivity contribution < 1.29 is 29.1 Å². The summed E-state index contributed by atoms with van der Waals surface area (Å²) in [7, 11) is -1.22. The maximum Gasteiger partial charge on any atom is 0.128 e. The van der Waals surface area contributed by atoms with Crippen molar-refractivity contribution in [3.8, 4) is 0 Å². The van der Waals surface area contributed by atoms with E-state index >= 15 is 0 Å². The zero-order valence-electron chi connectivity index (χ0n) is 9.30. The molecule has 0 N–H and O–H groups in total. The van der Waals surface area contributed by atoms with Crippen molar-refractivity contribution in [2.75, 3.05) is 12.3 Å². The van der Waals surface area contributed by atoms with Crippen molar-refractivity contribution in [1.29, 1.82) is 0 Å². The van der Waals surface area contributed by atoms with Gasteiger partial charge in [-0.1, -0.05) is 37.1 Å². The summed E-state index contributed by atoms with van der Waals surface area (Å²) in [6.45, 7) is 0.772. The van der Waals surface area contributed by atoms with E-state index in [0.29, 0.717) is 4.90 Å². The van der Waals surface area contributed by atoms with Crippen LogP contribution >= 0.6 is 0 Å². The first kappa shape index (κ1) is 14.7. The molecular formula is C12H14IrNO2S-. The van der Waals surface area contributed by atoms with Gasteiger partial charge in [-0.25, -0.2) is 0 Å². The van der Waals surface area contributed by atoms with Gasteiger partial charge in [-0.15, -0.1) is 6.54 Å². The molecule has 1 aliphatic heterocycles. The third-order valence-electron chi connectivity index (χ3n) is 2.64. The first-order chi connectivity index (χ1) is 7.77. The van der Waals surface area contributed by atoms with Crippen LogP contribution in [0.1, 0.15) is 12.8 Å². The Balaban J connectivity index is 0.00000144. The Labute approximate surface area is 117 Å². The summed E-state index contributed by atoms with van der Waals surface area (Å²) in [5.41, 5.74) is 0. The van der Waals surface area contributed by atoms with Crippen LogP contribution in [-0.4, -0.2) is 28.3 Å². The molecule has 1 fully saturated rings. The van der Waals surface area contributed by atoms with Crippen molar-refractivity contribution >= 4 is 16.6 Å². The third kappa shape index (κ3) is 4.11. The van der Waals surface area contributed by atoms with Crippen LogP contribution in [0.2, 0.25) is 0 Å². The predicted octanol–water partition coefficient (Wildman–Crippen LogP) is 1.90. The molecule has 95 valence electrons. The number of nitrogens with zero attached hydrogens (tertiary/aromatic N) is 1. The second-order valence-corrected chi connectivity index (χ2v) is 5.28. The molecular weight excluding hydrogens is 414 g/mol. The Kier molecular flexibility index (Phi) is 6.20. The molecule has 2 rings (SSSR count). The zero-order valence-corrected chi connectivity index (χ0v) is 12.5. The number of hydrogen-bond donors (Lipinski definition) is 0. The average molecular weight is 429 g/mol. The van der Waals surface area contributed by atoms with E-state index in [9.17, 15) is 9.00 Å². The maximum absolute atomic E-state index is 11.9. The largest absolute Gasteiger partial charge is 0.653 e. The fourth-order valence-corrected chi connectivity index (χ4v) is 2.85. The van der Waals surface area contributed by atoms with Crippen LogP contribution < -0.4 is 0 Å². The van der Waals surface area contributed by atoms with Gasteiger partial charge in [-0.2, -0.15) is 0 Å². The van der Waals surface area contributed by atoms with Gasteiger partial charge in [0.15, 0.2) is 0 Å². The molecule has 2 unspecified atom stereocenters. The number of ketones is 1. The summed E-state index contributed by atoms with van der Waals surface area (Å²) in [5, 5.41) is 4.20. The normalized spacial score (nSPS) is 20.6. The van der Waals surface area contributed by atoms with Gasteiger partial charge in [0.2, 0.25) is 0 Å². The summed E-state index contributed by atoms with van der Waals surface area (Å²) in [6, 6.07) is 8.90. The summed E-state index contributed by atoms with van der Waals surface area (Å²) < 4.78 is 11.9. The van der Waals surface area contributed by atoms with E-state index in [4.69, 9.17) is 0 Å². The first-order valence-electron chi connectivity index (χ1n) is 5.40. The molecule has 3 nitrogen and oxygen atoms in total. The number of carbonyl (C=O) groups excluding carboxylic acids is 1. The van der Waals surface area contributed by atoms with Gasteiger partial charge in [0.25, 0.3) is 0 Å².